The van der Waals surface area contributed by atoms with Gasteiger partial charge in [-0.25, -0.2) is 9.18 Å². The second-order valence-electron chi connectivity index (χ2n) is 5.29. The van der Waals surface area contributed by atoms with Crippen molar-refractivity contribution < 1.29 is 22.4 Å². The Morgan fingerprint density at radius 2 is 1.95 bits per heavy atom. The Labute approximate surface area is 125 Å². The van der Waals surface area contributed by atoms with E-state index in [1.165, 1.54) is 11.0 Å². The lowest BCUT2D eigenvalue weighted by Crippen LogP contribution is -2.46. The molecule has 2 rings (SSSR count). The summed E-state index contributed by atoms with van der Waals surface area (Å²) in [6.07, 6.45) is -3.35. The van der Waals surface area contributed by atoms with Gasteiger partial charge in [-0.2, -0.15) is 13.2 Å². The average molecular weight is 319 g/mol. The summed E-state index contributed by atoms with van der Waals surface area (Å²) in [5, 5.41) is 3.13. The third-order valence-electron chi connectivity index (χ3n) is 3.74. The van der Waals surface area contributed by atoms with Gasteiger partial charge in [0, 0.05) is 25.7 Å². The van der Waals surface area contributed by atoms with Crippen molar-refractivity contribution in [2.75, 3.05) is 13.1 Å². The minimum atomic E-state index is -4.70. The highest BCUT2D eigenvalue weighted by Gasteiger charge is 2.34. The number of halogens is 4. The van der Waals surface area contributed by atoms with Crippen molar-refractivity contribution in [3.8, 4) is 0 Å². The van der Waals surface area contributed by atoms with Crippen LogP contribution >= 0.6 is 0 Å². The molecule has 4 nitrogen and oxygen atoms in total. The maximum absolute atomic E-state index is 13.2. The van der Waals surface area contributed by atoms with E-state index in [0.29, 0.717) is 31.5 Å². The van der Waals surface area contributed by atoms with Gasteiger partial charge in [-0.1, -0.05) is 6.07 Å². The molecule has 0 atom stereocenters. The second kappa shape index (κ2) is 6.51. The number of rotatable bonds is 3. The standard InChI is InChI=1S/C14H17F4N3O/c15-12-2-1-9(7-11(12)14(16,17)18)8-20-10-3-5-21(6-4-10)13(19)22/h1-2,7,10,20H,3-6,8H2,(H2,19,22). The Bertz CT molecular complexity index is 539. The van der Waals surface area contributed by atoms with Gasteiger partial charge in [0.25, 0.3) is 0 Å². The Kier molecular flexibility index (Phi) is 4.90. The number of likely N-dealkylation sites (tertiary alicyclic amines) is 1. The number of urea groups is 1. The van der Waals surface area contributed by atoms with Gasteiger partial charge in [-0.05, 0) is 30.5 Å². The van der Waals surface area contributed by atoms with Crippen LogP contribution in [0.4, 0.5) is 22.4 Å². The van der Waals surface area contributed by atoms with E-state index in [4.69, 9.17) is 5.73 Å². The highest BCUT2D eigenvalue weighted by molar-refractivity contribution is 5.72. The molecular formula is C14H17F4N3O. The van der Waals surface area contributed by atoms with E-state index in [0.717, 1.165) is 12.1 Å². The largest absolute Gasteiger partial charge is 0.419 e. The molecular weight excluding hydrogens is 302 g/mol. The highest BCUT2D eigenvalue weighted by atomic mass is 19.4. The van der Waals surface area contributed by atoms with Crippen LogP contribution in [0.1, 0.15) is 24.0 Å². The first kappa shape index (κ1) is 16.5. The number of hydrogen-bond acceptors (Lipinski definition) is 2. The molecule has 0 aliphatic carbocycles. The first-order valence-corrected chi connectivity index (χ1v) is 6.91. The molecule has 1 aromatic carbocycles. The van der Waals surface area contributed by atoms with E-state index in [9.17, 15) is 22.4 Å². The smallest absolute Gasteiger partial charge is 0.351 e. The zero-order valence-electron chi connectivity index (χ0n) is 11.8. The molecule has 0 spiro atoms. The molecule has 1 aromatic rings. The summed E-state index contributed by atoms with van der Waals surface area (Å²) in [6, 6.07) is 2.61. The van der Waals surface area contributed by atoms with Crippen molar-refractivity contribution in [3.63, 3.8) is 0 Å². The van der Waals surface area contributed by atoms with E-state index < -0.39 is 23.6 Å². The number of piperidine rings is 1. The molecule has 122 valence electrons. The predicted octanol–water partition coefficient (Wildman–Crippen LogP) is 2.48. The molecule has 0 saturated carbocycles. The molecule has 1 heterocycles. The van der Waals surface area contributed by atoms with Crippen LogP contribution in [-0.4, -0.2) is 30.1 Å². The lowest BCUT2D eigenvalue weighted by molar-refractivity contribution is -0.140. The lowest BCUT2D eigenvalue weighted by Gasteiger charge is -2.31. The molecule has 1 aliphatic heterocycles. The van der Waals surface area contributed by atoms with Crippen LogP contribution in [0, 0.1) is 5.82 Å². The maximum atomic E-state index is 13.2. The fourth-order valence-corrected chi connectivity index (χ4v) is 2.47. The van der Waals surface area contributed by atoms with Gasteiger partial charge in [0.1, 0.15) is 5.82 Å². The van der Waals surface area contributed by atoms with Crippen LogP contribution in [0.15, 0.2) is 18.2 Å². The Balaban J connectivity index is 1.92. The first-order chi connectivity index (χ1) is 10.3. The minimum absolute atomic E-state index is 0.0926. The average Bonchev–Trinajstić information content (AvgIpc) is 2.45. The molecule has 8 heteroatoms. The highest BCUT2D eigenvalue weighted by Crippen LogP contribution is 2.31. The Morgan fingerprint density at radius 3 is 2.50 bits per heavy atom. The molecule has 0 radical (unpaired) electrons. The molecule has 0 bridgehead atoms. The number of hydrogen-bond donors (Lipinski definition) is 2. The van der Waals surface area contributed by atoms with Crippen molar-refractivity contribution in [2.45, 2.75) is 31.6 Å². The third kappa shape index (κ3) is 4.09. The van der Waals surface area contributed by atoms with Gasteiger partial charge in [-0.3, -0.25) is 0 Å². The number of carbonyl (C=O) groups excluding carboxylic acids is 1. The Hall–Kier alpha value is -1.83. The molecule has 1 saturated heterocycles. The number of alkyl halides is 3. The number of nitrogens with two attached hydrogens (primary N) is 1. The lowest BCUT2D eigenvalue weighted by atomic mass is 10.0. The van der Waals surface area contributed by atoms with Crippen LogP contribution in [-0.2, 0) is 12.7 Å². The van der Waals surface area contributed by atoms with E-state index in [-0.39, 0.29) is 12.6 Å². The van der Waals surface area contributed by atoms with Gasteiger partial charge >= 0.3 is 12.2 Å². The normalized spacial score (nSPS) is 16.8. The number of nitrogens with one attached hydrogen (secondary N) is 1. The van der Waals surface area contributed by atoms with Crippen molar-refractivity contribution in [2.24, 2.45) is 5.73 Å². The molecule has 0 unspecified atom stereocenters. The maximum Gasteiger partial charge on any atom is 0.419 e. The molecule has 2 amide bonds. The van der Waals surface area contributed by atoms with Crippen LogP contribution in [0.3, 0.4) is 0 Å². The van der Waals surface area contributed by atoms with Gasteiger partial charge in [-0.15, -0.1) is 0 Å². The number of carbonyl (C=O) groups is 1. The summed E-state index contributed by atoms with van der Waals surface area (Å²) in [5.41, 5.74) is 4.29. The SMILES string of the molecule is NC(=O)N1CCC(NCc2ccc(F)c(C(F)(F)F)c2)CC1. The van der Waals surface area contributed by atoms with Gasteiger partial charge in [0.2, 0.25) is 0 Å². The molecule has 1 aliphatic rings. The third-order valence-corrected chi connectivity index (χ3v) is 3.74. The van der Waals surface area contributed by atoms with Crippen molar-refractivity contribution in [1.29, 1.82) is 0 Å². The van der Waals surface area contributed by atoms with Crippen molar-refractivity contribution >= 4 is 6.03 Å². The summed E-state index contributed by atoms with van der Waals surface area (Å²) in [4.78, 5) is 12.5. The monoisotopic (exact) mass is 319 g/mol. The molecule has 1 fully saturated rings. The number of benzene rings is 1. The topological polar surface area (TPSA) is 58.4 Å². The number of primary amides is 1. The second-order valence-corrected chi connectivity index (χ2v) is 5.29. The Morgan fingerprint density at radius 1 is 1.32 bits per heavy atom. The van der Waals surface area contributed by atoms with E-state index in [2.05, 4.69) is 5.32 Å². The predicted molar refractivity (Wildman–Crippen MR) is 72.4 cm³/mol. The van der Waals surface area contributed by atoms with E-state index in [1.807, 2.05) is 0 Å². The zero-order valence-corrected chi connectivity index (χ0v) is 11.8. The van der Waals surface area contributed by atoms with Crippen LogP contribution < -0.4 is 11.1 Å². The summed E-state index contributed by atoms with van der Waals surface area (Å²) >= 11 is 0. The fourth-order valence-electron chi connectivity index (χ4n) is 2.47. The number of nitrogens with zero attached hydrogens (tertiary/aromatic N) is 1. The summed E-state index contributed by atoms with van der Waals surface area (Å²) in [6.45, 7) is 1.25. The summed E-state index contributed by atoms with van der Waals surface area (Å²) in [7, 11) is 0. The summed E-state index contributed by atoms with van der Waals surface area (Å²) < 4.78 is 51.1. The molecule has 22 heavy (non-hydrogen) atoms. The molecule has 0 aromatic heterocycles. The van der Waals surface area contributed by atoms with Gasteiger partial charge < -0.3 is 16.0 Å². The van der Waals surface area contributed by atoms with Crippen LogP contribution in [0.25, 0.3) is 0 Å². The van der Waals surface area contributed by atoms with Crippen molar-refractivity contribution in [3.05, 3.63) is 35.1 Å². The quantitative estimate of drug-likeness (QED) is 0.841. The number of amides is 2. The van der Waals surface area contributed by atoms with E-state index in [1.54, 1.807) is 0 Å². The zero-order chi connectivity index (χ0) is 16.3. The molecule has 3 N–H and O–H groups in total. The van der Waals surface area contributed by atoms with Crippen LogP contribution in [0.2, 0.25) is 0 Å². The minimum Gasteiger partial charge on any atom is -0.351 e. The van der Waals surface area contributed by atoms with Gasteiger partial charge in [0.15, 0.2) is 0 Å². The first-order valence-electron chi connectivity index (χ1n) is 6.91. The fraction of sp³-hybridized carbons (Fsp3) is 0.500. The van der Waals surface area contributed by atoms with Gasteiger partial charge in [0.05, 0.1) is 5.56 Å². The summed E-state index contributed by atoms with van der Waals surface area (Å²) in [5.74, 6) is -1.27. The van der Waals surface area contributed by atoms with E-state index >= 15 is 0 Å². The van der Waals surface area contributed by atoms with Crippen molar-refractivity contribution in [1.82, 2.24) is 10.2 Å². The van der Waals surface area contributed by atoms with Crippen LogP contribution in [0.5, 0.6) is 0 Å².